The number of hydrogen-bond acceptors (Lipinski definition) is 3. The van der Waals surface area contributed by atoms with Gasteiger partial charge in [0.15, 0.2) is 6.61 Å². The fourth-order valence-corrected chi connectivity index (χ4v) is 4.41. The number of hydrogen-bond donors (Lipinski definition) is 1. The van der Waals surface area contributed by atoms with Gasteiger partial charge in [-0.1, -0.05) is 60.1 Å². The molecule has 3 nitrogen and oxygen atoms in total. The van der Waals surface area contributed by atoms with E-state index < -0.39 is 5.97 Å². The molecule has 3 aromatic carbocycles. The molecule has 0 unspecified atom stereocenters. The number of carbonyl (C=O) groups is 1. The first-order valence-corrected chi connectivity index (χ1v) is 11.0. The lowest BCUT2D eigenvalue weighted by Crippen LogP contribution is -2.09. The zero-order chi connectivity index (χ0) is 20.6. The number of halogens is 2. The Morgan fingerprint density at radius 2 is 1.79 bits per heavy atom. The minimum absolute atomic E-state index is 0.359. The molecule has 29 heavy (non-hydrogen) atoms. The van der Waals surface area contributed by atoms with Crippen LogP contribution in [0.15, 0.2) is 88.2 Å². The molecule has 0 amide bonds. The van der Waals surface area contributed by atoms with E-state index in [1.165, 1.54) is 0 Å². The molecule has 1 N–H and O–H groups in total. The van der Waals surface area contributed by atoms with Gasteiger partial charge in [-0.2, -0.15) is 0 Å². The molecular weight excluding hydrogens is 472 g/mol. The average molecular weight is 490 g/mol. The van der Waals surface area contributed by atoms with Crippen LogP contribution in [-0.2, 0) is 4.79 Å². The number of carboxylic acid groups (broad SMARTS) is 1. The molecule has 0 aliphatic rings. The third kappa shape index (κ3) is 6.39. The average Bonchev–Trinajstić information content (AvgIpc) is 2.71. The molecule has 0 fully saturated rings. The van der Waals surface area contributed by atoms with E-state index in [9.17, 15) is 4.79 Å². The summed E-state index contributed by atoms with van der Waals surface area (Å²) in [7, 11) is 0. The van der Waals surface area contributed by atoms with Crippen LogP contribution >= 0.6 is 39.3 Å². The molecule has 3 rings (SSSR count). The number of rotatable bonds is 8. The van der Waals surface area contributed by atoms with Gasteiger partial charge in [0.05, 0.1) is 0 Å². The minimum Gasteiger partial charge on any atom is -0.482 e. The normalized spacial score (nSPS) is 11.3. The van der Waals surface area contributed by atoms with E-state index in [4.69, 9.17) is 21.4 Å². The van der Waals surface area contributed by atoms with Crippen LogP contribution in [0.1, 0.15) is 11.1 Å². The van der Waals surface area contributed by atoms with E-state index in [0.717, 1.165) is 31.8 Å². The third-order valence-corrected chi connectivity index (χ3v) is 6.17. The Kier molecular flexibility index (Phi) is 7.81. The van der Waals surface area contributed by atoms with Gasteiger partial charge in [-0.3, -0.25) is 0 Å². The highest BCUT2D eigenvalue weighted by atomic mass is 79.9. The van der Waals surface area contributed by atoms with Crippen molar-refractivity contribution >= 4 is 50.8 Å². The van der Waals surface area contributed by atoms with Crippen molar-refractivity contribution in [1.29, 1.82) is 0 Å². The molecule has 0 atom stereocenters. The number of aliphatic carboxylic acids is 1. The molecule has 0 saturated heterocycles. The Morgan fingerprint density at radius 1 is 1.03 bits per heavy atom. The van der Waals surface area contributed by atoms with Crippen molar-refractivity contribution in [3.63, 3.8) is 0 Å². The van der Waals surface area contributed by atoms with Gasteiger partial charge in [-0.25, -0.2) is 4.79 Å². The van der Waals surface area contributed by atoms with Crippen LogP contribution < -0.4 is 4.74 Å². The van der Waals surface area contributed by atoms with Gasteiger partial charge < -0.3 is 9.84 Å². The van der Waals surface area contributed by atoms with Crippen LogP contribution in [0.5, 0.6) is 5.75 Å². The third-order valence-electron chi connectivity index (χ3n) is 4.01. The second-order valence-electron chi connectivity index (χ2n) is 6.08. The molecule has 0 bridgehead atoms. The molecule has 0 saturated carbocycles. The largest absolute Gasteiger partial charge is 0.482 e. The number of thioether (sulfide) groups is 1. The predicted octanol–water partition coefficient (Wildman–Crippen LogP) is 6.79. The Hall–Kier alpha value is -2.21. The topological polar surface area (TPSA) is 46.5 Å². The van der Waals surface area contributed by atoms with Gasteiger partial charge in [0.1, 0.15) is 5.75 Å². The van der Waals surface area contributed by atoms with Crippen molar-refractivity contribution in [3.05, 3.63) is 99.5 Å². The zero-order valence-corrected chi connectivity index (χ0v) is 18.5. The number of benzene rings is 3. The summed E-state index contributed by atoms with van der Waals surface area (Å²) in [5, 5.41) is 9.42. The standard InChI is InChI=1S/C23H18BrClO3S/c24-21-14-19(28-15-23(26)27)9-10-22(21)29-12-11-20(16-5-2-1-3-6-16)17-7-4-8-18(25)13-17/h1-11,13-14H,12,15H2,(H,26,27)/b20-11-. The van der Waals surface area contributed by atoms with Crippen molar-refractivity contribution in [3.8, 4) is 5.75 Å². The lowest BCUT2D eigenvalue weighted by atomic mass is 9.98. The van der Waals surface area contributed by atoms with Gasteiger partial charge in [-0.15, -0.1) is 11.8 Å². The van der Waals surface area contributed by atoms with E-state index in [2.05, 4.69) is 40.2 Å². The van der Waals surface area contributed by atoms with Gasteiger partial charge in [0, 0.05) is 20.1 Å². The Labute approximate surface area is 187 Å². The van der Waals surface area contributed by atoms with Gasteiger partial charge in [0.2, 0.25) is 0 Å². The summed E-state index contributed by atoms with van der Waals surface area (Å²) in [5.41, 5.74) is 3.32. The SMILES string of the molecule is O=C(O)COc1ccc(SC/C=C(/c2ccccc2)c2cccc(Cl)c2)c(Br)c1. The fraction of sp³-hybridized carbons (Fsp3) is 0.0870. The van der Waals surface area contributed by atoms with Gasteiger partial charge in [0.25, 0.3) is 0 Å². The summed E-state index contributed by atoms with van der Waals surface area (Å²) in [5.74, 6) is 0.271. The molecule has 0 aromatic heterocycles. The molecule has 3 aromatic rings. The Balaban J connectivity index is 1.77. The van der Waals surface area contributed by atoms with Crippen LogP contribution in [0, 0.1) is 0 Å². The highest BCUT2D eigenvalue weighted by Gasteiger charge is 2.07. The summed E-state index contributed by atoms with van der Waals surface area (Å²) >= 11 is 11.4. The summed E-state index contributed by atoms with van der Waals surface area (Å²) < 4.78 is 6.07. The minimum atomic E-state index is -1.00. The summed E-state index contributed by atoms with van der Waals surface area (Å²) in [6.07, 6.45) is 2.19. The second kappa shape index (κ2) is 10.5. The summed E-state index contributed by atoms with van der Waals surface area (Å²) in [6, 6.07) is 23.5. The van der Waals surface area contributed by atoms with Crippen molar-refractivity contribution in [2.45, 2.75) is 4.90 Å². The molecule has 0 aliphatic carbocycles. The first-order valence-electron chi connectivity index (χ1n) is 8.81. The van der Waals surface area contributed by atoms with E-state index in [1.807, 2.05) is 42.5 Å². The van der Waals surface area contributed by atoms with E-state index in [1.54, 1.807) is 23.9 Å². The van der Waals surface area contributed by atoms with Crippen molar-refractivity contribution < 1.29 is 14.6 Å². The monoisotopic (exact) mass is 488 g/mol. The smallest absolute Gasteiger partial charge is 0.341 e. The van der Waals surface area contributed by atoms with E-state index in [-0.39, 0.29) is 6.61 Å². The Morgan fingerprint density at radius 3 is 2.48 bits per heavy atom. The quantitative estimate of drug-likeness (QED) is 0.354. The Bertz CT molecular complexity index is 1020. The fourth-order valence-electron chi connectivity index (χ4n) is 2.72. The molecule has 0 spiro atoms. The first-order chi connectivity index (χ1) is 14.0. The lowest BCUT2D eigenvalue weighted by molar-refractivity contribution is -0.139. The highest BCUT2D eigenvalue weighted by molar-refractivity contribution is 9.10. The van der Waals surface area contributed by atoms with Crippen molar-refractivity contribution in [2.75, 3.05) is 12.4 Å². The van der Waals surface area contributed by atoms with Crippen molar-refractivity contribution in [1.82, 2.24) is 0 Å². The maximum absolute atomic E-state index is 10.6. The molecule has 0 heterocycles. The molecule has 0 aliphatic heterocycles. The second-order valence-corrected chi connectivity index (χ2v) is 8.43. The maximum atomic E-state index is 10.6. The van der Waals surface area contributed by atoms with Gasteiger partial charge in [-0.05, 0) is 63.0 Å². The highest BCUT2D eigenvalue weighted by Crippen LogP contribution is 2.32. The molecule has 0 radical (unpaired) electrons. The lowest BCUT2D eigenvalue weighted by Gasteiger charge is -2.10. The van der Waals surface area contributed by atoms with E-state index in [0.29, 0.717) is 10.8 Å². The first kappa shape index (κ1) is 21.5. The van der Waals surface area contributed by atoms with Crippen LogP contribution in [0.2, 0.25) is 5.02 Å². The van der Waals surface area contributed by atoms with Crippen LogP contribution in [0.3, 0.4) is 0 Å². The summed E-state index contributed by atoms with van der Waals surface area (Å²) in [6.45, 7) is -0.359. The van der Waals surface area contributed by atoms with Crippen LogP contribution in [0.4, 0.5) is 0 Å². The van der Waals surface area contributed by atoms with Crippen molar-refractivity contribution in [2.24, 2.45) is 0 Å². The number of carboxylic acids is 1. The van der Waals surface area contributed by atoms with E-state index >= 15 is 0 Å². The summed E-state index contributed by atoms with van der Waals surface area (Å²) in [4.78, 5) is 11.7. The number of ether oxygens (including phenoxy) is 1. The molecular formula is C23H18BrClO3S. The van der Waals surface area contributed by atoms with Gasteiger partial charge >= 0.3 is 5.97 Å². The van der Waals surface area contributed by atoms with Crippen LogP contribution in [-0.4, -0.2) is 23.4 Å². The molecule has 148 valence electrons. The maximum Gasteiger partial charge on any atom is 0.341 e. The molecule has 6 heteroatoms. The zero-order valence-electron chi connectivity index (χ0n) is 15.3. The van der Waals surface area contributed by atoms with Crippen LogP contribution in [0.25, 0.3) is 5.57 Å². The predicted molar refractivity (Wildman–Crippen MR) is 123 cm³/mol.